The van der Waals surface area contributed by atoms with Gasteiger partial charge in [0.2, 0.25) is 0 Å². The third kappa shape index (κ3) is 21.9. The second-order valence-corrected chi connectivity index (χ2v) is 9.70. The van der Waals surface area contributed by atoms with Gasteiger partial charge in [-0.25, -0.2) is 0 Å². The SMILES string of the molecule is C=C(C)CC(C)CC(C)CCCCCCCCCCCCCCCCCC. The summed E-state index contributed by atoms with van der Waals surface area (Å²) in [5, 5.41) is 0. The molecule has 0 amide bonds. The molecule has 0 aliphatic heterocycles. The molecule has 0 heteroatoms. The summed E-state index contributed by atoms with van der Waals surface area (Å²) < 4.78 is 0. The zero-order valence-corrected chi connectivity index (χ0v) is 19.8. The van der Waals surface area contributed by atoms with Gasteiger partial charge in [-0.3, -0.25) is 0 Å². The van der Waals surface area contributed by atoms with Crippen molar-refractivity contribution in [2.24, 2.45) is 11.8 Å². The topological polar surface area (TPSA) is 0 Å². The molecule has 0 spiro atoms. The minimum absolute atomic E-state index is 0.818. The summed E-state index contributed by atoms with van der Waals surface area (Å²) in [4.78, 5) is 0. The lowest BCUT2D eigenvalue weighted by Crippen LogP contribution is -2.03. The van der Waals surface area contributed by atoms with Crippen molar-refractivity contribution in [3.05, 3.63) is 12.2 Å². The Morgan fingerprint density at radius 2 is 0.963 bits per heavy atom. The Morgan fingerprint density at radius 3 is 1.33 bits per heavy atom. The smallest absolute Gasteiger partial charge is 0.0300 e. The molecule has 0 aromatic rings. The Bertz CT molecular complexity index is 303. The summed E-state index contributed by atoms with van der Waals surface area (Å²) in [5.74, 6) is 1.71. The first-order valence-electron chi connectivity index (χ1n) is 12.7. The van der Waals surface area contributed by atoms with Crippen LogP contribution in [-0.2, 0) is 0 Å². The van der Waals surface area contributed by atoms with Crippen molar-refractivity contribution in [2.45, 2.75) is 150 Å². The van der Waals surface area contributed by atoms with Gasteiger partial charge < -0.3 is 0 Å². The van der Waals surface area contributed by atoms with Crippen molar-refractivity contribution in [2.75, 3.05) is 0 Å². The minimum Gasteiger partial charge on any atom is -0.100 e. The van der Waals surface area contributed by atoms with Crippen LogP contribution in [0.4, 0.5) is 0 Å². The lowest BCUT2D eigenvalue weighted by atomic mass is 9.89. The fourth-order valence-corrected chi connectivity index (χ4v) is 4.52. The zero-order chi connectivity index (χ0) is 20.2. The van der Waals surface area contributed by atoms with Gasteiger partial charge in [0.15, 0.2) is 0 Å². The number of hydrogen-bond acceptors (Lipinski definition) is 0. The van der Waals surface area contributed by atoms with Crippen LogP contribution in [0, 0.1) is 11.8 Å². The van der Waals surface area contributed by atoms with Crippen LogP contribution in [0.2, 0.25) is 0 Å². The Labute approximate surface area is 174 Å². The Morgan fingerprint density at radius 1 is 0.593 bits per heavy atom. The molecule has 0 radical (unpaired) electrons. The first-order chi connectivity index (χ1) is 13.1. The van der Waals surface area contributed by atoms with E-state index in [4.69, 9.17) is 0 Å². The van der Waals surface area contributed by atoms with Crippen LogP contribution >= 0.6 is 0 Å². The molecule has 2 atom stereocenters. The van der Waals surface area contributed by atoms with Crippen LogP contribution in [0.1, 0.15) is 150 Å². The highest BCUT2D eigenvalue weighted by atomic mass is 14.1. The highest BCUT2D eigenvalue weighted by Gasteiger charge is 2.08. The maximum atomic E-state index is 4.05. The van der Waals surface area contributed by atoms with Crippen molar-refractivity contribution >= 4 is 0 Å². The van der Waals surface area contributed by atoms with Crippen LogP contribution < -0.4 is 0 Å². The molecule has 0 aliphatic carbocycles. The molecule has 0 fully saturated rings. The number of allylic oxidation sites excluding steroid dienone is 1. The van der Waals surface area contributed by atoms with Crippen LogP contribution in [0.5, 0.6) is 0 Å². The Balaban J connectivity index is 3.19. The van der Waals surface area contributed by atoms with Crippen molar-refractivity contribution < 1.29 is 0 Å². The van der Waals surface area contributed by atoms with Gasteiger partial charge in [-0.1, -0.05) is 135 Å². The van der Waals surface area contributed by atoms with Gasteiger partial charge in [0, 0.05) is 0 Å². The maximum absolute atomic E-state index is 4.05. The summed E-state index contributed by atoms with van der Waals surface area (Å²) >= 11 is 0. The lowest BCUT2D eigenvalue weighted by Gasteiger charge is -2.17. The van der Waals surface area contributed by atoms with Gasteiger partial charge in [-0.2, -0.15) is 0 Å². The molecule has 0 N–H and O–H groups in total. The van der Waals surface area contributed by atoms with Gasteiger partial charge in [-0.15, -0.1) is 6.58 Å². The molecule has 0 aromatic carbocycles. The molecule has 0 saturated carbocycles. The average molecular weight is 379 g/mol. The first kappa shape index (κ1) is 26.7. The Hall–Kier alpha value is -0.260. The quantitative estimate of drug-likeness (QED) is 0.138. The monoisotopic (exact) mass is 378 g/mol. The fraction of sp³-hybridized carbons (Fsp3) is 0.926. The molecule has 0 aromatic heterocycles. The summed E-state index contributed by atoms with van der Waals surface area (Å²) in [6.45, 7) is 13.3. The summed E-state index contributed by atoms with van der Waals surface area (Å²) in [6.07, 6.45) is 27.4. The predicted molar refractivity (Wildman–Crippen MR) is 127 cm³/mol. The molecule has 2 unspecified atom stereocenters. The summed E-state index contributed by atoms with van der Waals surface area (Å²) in [7, 11) is 0. The second kappa shape index (κ2) is 20.5. The molecule has 0 bridgehead atoms. The van der Waals surface area contributed by atoms with E-state index >= 15 is 0 Å². The molecular formula is C27H54. The highest BCUT2D eigenvalue weighted by Crippen LogP contribution is 2.23. The molecule has 27 heavy (non-hydrogen) atoms. The summed E-state index contributed by atoms with van der Waals surface area (Å²) in [5.41, 5.74) is 1.34. The van der Waals surface area contributed by atoms with E-state index in [0.717, 1.165) is 11.8 Å². The van der Waals surface area contributed by atoms with Gasteiger partial charge in [0.25, 0.3) is 0 Å². The largest absolute Gasteiger partial charge is 0.100 e. The minimum atomic E-state index is 0.818. The fourth-order valence-electron chi connectivity index (χ4n) is 4.52. The number of hydrogen-bond donors (Lipinski definition) is 0. The Kier molecular flexibility index (Phi) is 20.3. The van der Waals surface area contributed by atoms with E-state index in [1.54, 1.807) is 0 Å². The molecule has 0 rings (SSSR count). The van der Waals surface area contributed by atoms with Crippen LogP contribution in [0.25, 0.3) is 0 Å². The van der Waals surface area contributed by atoms with Crippen molar-refractivity contribution in [3.8, 4) is 0 Å². The third-order valence-corrected chi connectivity index (χ3v) is 6.05. The van der Waals surface area contributed by atoms with E-state index in [2.05, 4.69) is 34.3 Å². The summed E-state index contributed by atoms with van der Waals surface area (Å²) in [6, 6.07) is 0. The van der Waals surface area contributed by atoms with E-state index in [-0.39, 0.29) is 0 Å². The number of rotatable bonds is 21. The van der Waals surface area contributed by atoms with E-state index in [0.29, 0.717) is 0 Å². The highest BCUT2D eigenvalue weighted by molar-refractivity contribution is 4.89. The van der Waals surface area contributed by atoms with Gasteiger partial charge >= 0.3 is 0 Å². The van der Waals surface area contributed by atoms with Crippen LogP contribution in [-0.4, -0.2) is 0 Å². The van der Waals surface area contributed by atoms with Crippen LogP contribution in [0.15, 0.2) is 12.2 Å². The van der Waals surface area contributed by atoms with Gasteiger partial charge in [0.05, 0.1) is 0 Å². The van der Waals surface area contributed by atoms with E-state index in [1.165, 1.54) is 128 Å². The first-order valence-corrected chi connectivity index (χ1v) is 12.7. The second-order valence-electron chi connectivity index (χ2n) is 9.70. The molecule has 0 saturated heterocycles. The molecule has 0 aliphatic rings. The number of unbranched alkanes of at least 4 members (excludes halogenated alkanes) is 15. The molecule has 162 valence electrons. The van der Waals surface area contributed by atoms with Crippen LogP contribution in [0.3, 0.4) is 0 Å². The van der Waals surface area contributed by atoms with Crippen molar-refractivity contribution in [3.63, 3.8) is 0 Å². The normalized spacial score (nSPS) is 13.6. The standard InChI is InChI=1S/C27H54/c1-6-7-8-9-10-11-12-13-14-15-16-17-18-19-20-21-22-26(4)24-27(5)23-25(2)3/h26-27H,2,6-24H2,1,3-5H3. The van der Waals surface area contributed by atoms with E-state index < -0.39 is 0 Å². The molecular weight excluding hydrogens is 324 g/mol. The van der Waals surface area contributed by atoms with Gasteiger partial charge in [-0.05, 0) is 31.6 Å². The molecule has 0 heterocycles. The lowest BCUT2D eigenvalue weighted by molar-refractivity contribution is 0.378. The maximum Gasteiger partial charge on any atom is -0.0300 e. The van der Waals surface area contributed by atoms with E-state index in [9.17, 15) is 0 Å². The van der Waals surface area contributed by atoms with E-state index in [1.807, 2.05) is 0 Å². The van der Waals surface area contributed by atoms with Crippen molar-refractivity contribution in [1.29, 1.82) is 0 Å². The predicted octanol–water partition coefficient (Wildman–Crippen LogP) is 10.3. The van der Waals surface area contributed by atoms with Gasteiger partial charge in [0.1, 0.15) is 0 Å². The average Bonchev–Trinajstić information content (AvgIpc) is 2.60. The zero-order valence-electron chi connectivity index (χ0n) is 19.8. The third-order valence-electron chi connectivity index (χ3n) is 6.05. The van der Waals surface area contributed by atoms with Crippen molar-refractivity contribution in [1.82, 2.24) is 0 Å². The molecule has 0 nitrogen and oxygen atoms in total.